The van der Waals surface area contributed by atoms with Gasteiger partial charge in [-0.1, -0.05) is 13.2 Å². The van der Waals surface area contributed by atoms with Crippen LogP contribution < -0.4 is 10.2 Å². The quantitative estimate of drug-likeness (QED) is 0.154. The van der Waals surface area contributed by atoms with Gasteiger partial charge in [0.15, 0.2) is 0 Å². The molecule has 0 unspecified atom stereocenters. The first-order valence-electron chi connectivity index (χ1n) is 7.34. The molecular weight excluding hydrogens is 417 g/mol. The maximum atomic E-state index is 10.2. The van der Waals surface area contributed by atoms with Gasteiger partial charge in [0.25, 0.3) is 20.2 Å². The molecule has 0 aliphatic carbocycles. The normalized spacial score (nSPS) is 10.7. The van der Waals surface area contributed by atoms with Crippen LogP contribution in [0.4, 0.5) is 0 Å². The molecule has 152 valence electrons. The Labute approximate surface area is 175 Å². The Balaban J connectivity index is -0.000000411. The number of hydrogen-bond donors (Lipinski definition) is 2. The van der Waals surface area contributed by atoms with Gasteiger partial charge in [0.2, 0.25) is 0 Å². The largest absolute Gasteiger partial charge is 2.00 e. The minimum Gasteiger partial charge on any atom is -0.545 e. The fourth-order valence-corrected chi connectivity index (χ4v) is 2.59. The van der Waals surface area contributed by atoms with Gasteiger partial charge in [-0.05, 0) is 49.7 Å². The third-order valence-corrected chi connectivity index (χ3v) is 4.45. The summed E-state index contributed by atoms with van der Waals surface area (Å²) in [4.78, 5) is 20.2. The zero-order valence-electron chi connectivity index (χ0n) is 14.8. The Bertz CT molecular complexity index is 648. The molecule has 0 saturated carbocycles. The zero-order valence-corrected chi connectivity index (χ0v) is 17.8. The van der Waals surface area contributed by atoms with Gasteiger partial charge in [-0.25, -0.2) is 0 Å². The molecule has 0 rings (SSSR count). The van der Waals surface area contributed by atoms with Crippen LogP contribution in [0.1, 0.15) is 38.5 Å². The summed E-state index contributed by atoms with van der Waals surface area (Å²) in [7, 11) is -7.87. The van der Waals surface area contributed by atoms with Gasteiger partial charge >= 0.3 is 23.1 Å². The average Bonchev–Trinajstić information content (AvgIpc) is 2.46. The van der Waals surface area contributed by atoms with Crippen LogP contribution in [0.2, 0.25) is 0 Å². The number of carboxylic acids is 2. The maximum Gasteiger partial charge on any atom is 2.00 e. The van der Waals surface area contributed by atoms with E-state index < -0.39 is 32.2 Å². The van der Waals surface area contributed by atoms with Crippen molar-refractivity contribution in [1.82, 2.24) is 0 Å². The Morgan fingerprint density at radius 3 is 1.15 bits per heavy atom. The van der Waals surface area contributed by atoms with Crippen molar-refractivity contribution in [3.05, 3.63) is 24.3 Å². The molecule has 0 aliphatic rings. The van der Waals surface area contributed by atoms with Crippen LogP contribution in [0, 0.1) is 0 Å². The van der Waals surface area contributed by atoms with Crippen molar-refractivity contribution in [1.29, 1.82) is 0 Å². The van der Waals surface area contributed by atoms with Crippen LogP contribution in [0.3, 0.4) is 0 Å². The molecule has 0 spiro atoms. The second-order valence-electron chi connectivity index (χ2n) is 5.27. The van der Waals surface area contributed by atoms with Gasteiger partial charge in [-0.15, -0.1) is 0 Å². The van der Waals surface area contributed by atoms with Crippen molar-refractivity contribution in [2.75, 3.05) is 11.5 Å². The van der Waals surface area contributed by atoms with Gasteiger partial charge in [0.1, 0.15) is 0 Å². The minimum absolute atomic E-state index is 0. The van der Waals surface area contributed by atoms with Crippen molar-refractivity contribution in [3.8, 4) is 0 Å². The molecule has 2 N–H and O–H groups in total. The summed E-state index contributed by atoms with van der Waals surface area (Å²) >= 11 is 0. The Kier molecular flexibility index (Phi) is 17.1. The summed E-state index contributed by atoms with van der Waals surface area (Å²) in [6, 6.07) is 0. The summed E-state index contributed by atoms with van der Waals surface area (Å²) < 4.78 is 57.5. The standard InChI is InChI=1S/2C7H12O5S.Mg/c2*1-6(7(8)9)4-2-3-5-13(10,11)12;/h2*1-5H2,(H,8,9)(H,10,11,12);/q;;+2/p-2. The first-order chi connectivity index (χ1) is 11.7. The van der Waals surface area contributed by atoms with Crippen molar-refractivity contribution in [2.45, 2.75) is 38.5 Å². The van der Waals surface area contributed by atoms with Crippen LogP contribution >= 0.6 is 0 Å². The number of unbranched alkanes of at least 4 members (excludes halogenated alkanes) is 2. The maximum absolute atomic E-state index is 10.2. The van der Waals surface area contributed by atoms with E-state index in [2.05, 4.69) is 13.2 Å². The molecular formula is C14H22MgO10S2. The van der Waals surface area contributed by atoms with Gasteiger partial charge < -0.3 is 19.8 Å². The molecule has 0 atom stereocenters. The van der Waals surface area contributed by atoms with E-state index >= 15 is 0 Å². The van der Waals surface area contributed by atoms with E-state index in [9.17, 15) is 36.6 Å². The van der Waals surface area contributed by atoms with E-state index in [1.807, 2.05) is 0 Å². The van der Waals surface area contributed by atoms with Crippen LogP contribution in [-0.4, -0.2) is 72.4 Å². The van der Waals surface area contributed by atoms with E-state index in [1.54, 1.807) is 0 Å². The second-order valence-corrected chi connectivity index (χ2v) is 8.41. The van der Waals surface area contributed by atoms with E-state index in [0.717, 1.165) is 0 Å². The van der Waals surface area contributed by atoms with E-state index in [0.29, 0.717) is 12.8 Å². The molecule has 0 heterocycles. The zero-order chi connectivity index (χ0) is 21.0. The Hall–Kier alpha value is -0.994. The first kappa shape index (κ1) is 30.7. The van der Waals surface area contributed by atoms with Gasteiger partial charge in [0.05, 0.1) is 23.4 Å². The summed E-state index contributed by atoms with van der Waals surface area (Å²) in [5.74, 6) is -3.36. The average molecular weight is 439 g/mol. The van der Waals surface area contributed by atoms with Crippen LogP contribution in [0.15, 0.2) is 24.3 Å². The molecule has 0 fully saturated rings. The van der Waals surface area contributed by atoms with Crippen LogP contribution in [0.25, 0.3) is 0 Å². The number of carbonyl (C=O) groups excluding carboxylic acids is 2. The Morgan fingerprint density at radius 2 is 0.963 bits per heavy atom. The SMILES string of the molecule is C=C(CCCCS(=O)(=O)O)C(=O)[O-].C=C(CCCCS(=O)(=O)O)C(=O)[O-].[Mg+2]. The monoisotopic (exact) mass is 438 g/mol. The minimum atomic E-state index is -3.94. The number of rotatable bonds is 12. The van der Waals surface area contributed by atoms with Crippen LogP contribution in [-0.2, 0) is 29.8 Å². The van der Waals surface area contributed by atoms with Crippen LogP contribution in [0.5, 0.6) is 0 Å². The van der Waals surface area contributed by atoms with Gasteiger partial charge in [-0.3, -0.25) is 9.11 Å². The molecule has 0 bridgehead atoms. The van der Waals surface area contributed by atoms with Gasteiger partial charge in [0, 0.05) is 0 Å². The molecule has 0 aromatic rings. The van der Waals surface area contributed by atoms with Crippen molar-refractivity contribution in [3.63, 3.8) is 0 Å². The van der Waals surface area contributed by atoms with Crippen molar-refractivity contribution >= 4 is 55.2 Å². The van der Waals surface area contributed by atoms with Gasteiger partial charge in [-0.2, -0.15) is 16.8 Å². The number of hydrogen-bond acceptors (Lipinski definition) is 8. The van der Waals surface area contributed by atoms with Crippen molar-refractivity contribution in [2.24, 2.45) is 0 Å². The van der Waals surface area contributed by atoms with E-state index in [1.165, 1.54) is 0 Å². The summed E-state index contributed by atoms with van der Waals surface area (Å²) in [6.45, 7) is 6.43. The summed E-state index contributed by atoms with van der Waals surface area (Å²) in [5, 5.41) is 20.2. The molecule has 13 heteroatoms. The molecule has 0 aromatic heterocycles. The topological polar surface area (TPSA) is 189 Å². The third kappa shape index (κ3) is 25.0. The number of carboxylic acid groups (broad SMARTS) is 2. The molecule has 0 saturated heterocycles. The van der Waals surface area contributed by atoms with Crippen molar-refractivity contribution < 1.29 is 45.7 Å². The smallest absolute Gasteiger partial charge is 0.545 e. The fourth-order valence-electron chi connectivity index (χ4n) is 1.45. The molecule has 0 aliphatic heterocycles. The molecule has 27 heavy (non-hydrogen) atoms. The second kappa shape index (κ2) is 15.0. The Morgan fingerprint density at radius 1 is 0.704 bits per heavy atom. The molecule has 0 amide bonds. The molecule has 0 aromatic carbocycles. The molecule has 10 nitrogen and oxygen atoms in total. The molecule has 0 radical (unpaired) electrons. The van der Waals surface area contributed by atoms with E-state index in [-0.39, 0.29) is 71.4 Å². The first-order valence-corrected chi connectivity index (χ1v) is 10.6. The number of carbonyl (C=O) groups is 2. The summed E-state index contributed by atoms with van der Waals surface area (Å²) in [5.41, 5.74) is -0.120. The predicted octanol–water partition coefficient (Wildman–Crippen LogP) is -1.68. The fraction of sp³-hybridized carbons (Fsp3) is 0.571. The third-order valence-electron chi connectivity index (χ3n) is 2.84. The number of aliphatic carboxylic acids is 2. The van der Waals surface area contributed by atoms with E-state index in [4.69, 9.17) is 9.11 Å². The summed E-state index contributed by atoms with van der Waals surface area (Å²) in [6.07, 6.45) is 1.49. The predicted molar refractivity (Wildman–Crippen MR) is 94.6 cm³/mol.